The van der Waals surface area contributed by atoms with Crippen LogP contribution in [0.4, 0.5) is 5.13 Å². The van der Waals surface area contributed by atoms with Gasteiger partial charge in [0, 0.05) is 18.7 Å². The largest absolute Gasteiger partial charge is 0.491 e. The quantitative estimate of drug-likeness (QED) is 0.426. The molecule has 2 heterocycles. The Balaban J connectivity index is 1.70. The smallest absolute Gasteiger partial charge is 0.335 e. The molecular formula is C26H33N3O4S. The predicted octanol–water partition coefficient (Wildman–Crippen LogP) is 5.33. The fourth-order valence-electron chi connectivity index (χ4n) is 4.24. The Bertz CT molecular complexity index is 1110. The van der Waals surface area contributed by atoms with Crippen LogP contribution in [0.5, 0.6) is 11.5 Å². The zero-order valence-corrected chi connectivity index (χ0v) is 21.0. The van der Waals surface area contributed by atoms with E-state index in [9.17, 15) is 9.90 Å². The Kier molecular flexibility index (Phi) is 7.58. The lowest BCUT2D eigenvalue weighted by atomic mass is 10.0. The van der Waals surface area contributed by atoms with Gasteiger partial charge in [0.25, 0.3) is 0 Å². The summed E-state index contributed by atoms with van der Waals surface area (Å²) < 4.78 is 13.0. The molecule has 4 rings (SSSR count). The van der Waals surface area contributed by atoms with Crippen LogP contribution in [0, 0.1) is 0 Å². The van der Waals surface area contributed by atoms with Crippen LogP contribution in [0.2, 0.25) is 0 Å². The number of carboxylic acid groups (broad SMARTS) is 1. The number of nitrogens with one attached hydrogen (secondary N) is 1. The van der Waals surface area contributed by atoms with Crippen molar-refractivity contribution >= 4 is 32.7 Å². The first-order valence-corrected chi connectivity index (χ1v) is 12.7. The van der Waals surface area contributed by atoms with E-state index in [2.05, 4.69) is 22.3 Å². The Morgan fingerprint density at radius 3 is 2.32 bits per heavy atom. The maximum absolute atomic E-state index is 11.4. The summed E-state index contributed by atoms with van der Waals surface area (Å²) >= 11 is 1.61. The first kappa shape index (κ1) is 24.3. The molecule has 0 saturated carbocycles. The minimum absolute atomic E-state index is 0.0652. The van der Waals surface area contributed by atoms with Crippen LogP contribution < -0.4 is 19.7 Å². The normalized spacial score (nSPS) is 14.6. The zero-order valence-electron chi connectivity index (χ0n) is 20.2. The number of rotatable bonds is 9. The first-order chi connectivity index (χ1) is 16.3. The number of carbonyl (C=O) groups is 1. The van der Waals surface area contributed by atoms with Gasteiger partial charge in [0.15, 0.2) is 5.13 Å². The molecule has 34 heavy (non-hydrogen) atoms. The Morgan fingerprint density at radius 2 is 1.74 bits per heavy atom. The molecule has 3 aromatic rings. The summed E-state index contributed by atoms with van der Waals surface area (Å²) in [5, 5.41) is 13.7. The van der Waals surface area contributed by atoms with Crippen LogP contribution in [-0.4, -0.2) is 47.4 Å². The zero-order chi connectivity index (χ0) is 24.2. The van der Waals surface area contributed by atoms with Crippen LogP contribution in [0.3, 0.4) is 0 Å². The second-order valence-corrected chi connectivity index (χ2v) is 10.2. The van der Waals surface area contributed by atoms with E-state index in [-0.39, 0.29) is 17.8 Å². The highest BCUT2D eigenvalue weighted by atomic mass is 32.1. The van der Waals surface area contributed by atoms with Crippen molar-refractivity contribution in [3.05, 3.63) is 47.5 Å². The molecule has 2 N–H and O–H groups in total. The molecular weight excluding hydrogens is 450 g/mol. The molecule has 0 aliphatic carbocycles. The van der Waals surface area contributed by atoms with Crippen LogP contribution in [0.15, 0.2) is 36.4 Å². The fraction of sp³-hybridized carbons (Fsp3) is 0.462. The van der Waals surface area contributed by atoms with Crippen molar-refractivity contribution in [1.29, 1.82) is 0 Å². The lowest BCUT2D eigenvalue weighted by Crippen LogP contribution is -2.43. The Morgan fingerprint density at radius 1 is 1.09 bits per heavy atom. The van der Waals surface area contributed by atoms with Gasteiger partial charge < -0.3 is 24.8 Å². The van der Waals surface area contributed by atoms with Gasteiger partial charge in [-0.25, -0.2) is 9.78 Å². The molecule has 7 nitrogen and oxygen atoms in total. The van der Waals surface area contributed by atoms with E-state index in [1.807, 2.05) is 39.8 Å². The van der Waals surface area contributed by atoms with E-state index >= 15 is 0 Å². The second kappa shape index (κ2) is 10.6. The van der Waals surface area contributed by atoms with Gasteiger partial charge in [0.1, 0.15) is 11.5 Å². The van der Waals surface area contributed by atoms with Gasteiger partial charge in [-0.1, -0.05) is 11.3 Å². The predicted molar refractivity (Wildman–Crippen MR) is 137 cm³/mol. The highest BCUT2D eigenvalue weighted by Crippen LogP contribution is 2.34. The van der Waals surface area contributed by atoms with Crippen molar-refractivity contribution < 1.29 is 19.4 Å². The SMILES string of the molecule is CC(C)Oc1cc(CN(c2nc3cc(C(=O)O)ccc3s2)C2CCNCC2)cc(OC(C)C)c1. The van der Waals surface area contributed by atoms with Crippen molar-refractivity contribution in [3.8, 4) is 11.5 Å². The summed E-state index contributed by atoms with van der Waals surface area (Å²) in [5.41, 5.74) is 2.07. The van der Waals surface area contributed by atoms with E-state index in [0.717, 1.165) is 58.3 Å². The standard InChI is InChI=1S/C26H33N3O4S/c1-16(2)32-21-11-18(12-22(14-21)33-17(3)4)15-29(20-7-9-27-10-8-20)26-28-23-13-19(25(30)31)5-6-24(23)34-26/h5-6,11-14,16-17,20,27H,7-10,15H2,1-4H3,(H,30,31). The summed E-state index contributed by atoms with van der Waals surface area (Å²) in [4.78, 5) is 18.7. The van der Waals surface area contributed by atoms with Gasteiger partial charge in [-0.05, 0) is 89.5 Å². The van der Waals surface area contributed by atoms with Gasteiger partial charge >= 0.3 is 5.97 Å². The molecule has 1 aliphatic heterocycles. The summed E-state index contributed by atoms with van der Waals surface area (Å²) in [7, 11) is 0. The number of thiazole rings is 1. The molecule has 182 valence electrons. The second-order valence-electron chi connectivity index (χ2n) is 9.24. The monoisotopic (exact) mass is 483 g/mol. The molecule has 0 unspecified atom stereocenters. The maximum atomic E-state index is 11.4. The molecule has 1 aromatic heterocycles. The van der Waals surface area contributed by atoms with E-state index in [4.69, 9.17) is 14.5 Å². The highest BCUT2D eigenvalue weighted by Gasteiger charge is 2.25. The summed E-state index contributed by atoms with van der Waals surface area (Å²) in [6.45, 7) is 10.7. The van der Waals surface area contributed by atoms with Gasteiger partial charge in [-0.15, -0.1) is 0 Å². The van der Waals surface area contributed by atoms with Crippen LogP contribution in [-0.2, 0) is 6.54 Å². The average Bonchev–Trinajstić information content (AvgIpc) is 3.20. The number of carboxylic acids is 1. The van der Waals surface area contributed by atoms with Gasteiger partial charge in [0.05, 0.1) is 28.0 Å². The number of anilines is 1. The van der Waals surface area contributed by atoms with E-state index < -0.39 is 5.97 Å². The topological polar surface area (TPSA) is 83.9 Å². The number of hydrogen-bond donors (Lipinski definition) is 2. The van der Waals surface area contributed by atoms with Gasteiger partial charge in [-0.2, -0.15) is 0 Å². The Hall–Kier alpha value is -2.84. The third-order valence-electron chi connectivity index (χ3n) is 5.65. The lowest BCUT2D eigenvalue weighted by Gasteiger charge is -2.34. The molecule has 0 radical (unpaired) electrons. The van der Waals surface area contributed by atoms with Crippen molar-refractivity contribution in [3.63, 3.8) is 0 Å². The average molecular weight is 484 g/mol. The van der Waals surface area contributed by atoms with Gasteiger partial charge in [0.2, 0.25) is 0 Å². The number of ether oxygens (including phenoxy) is 2. The van der Waals surface area contributed by atoms with E-state index in [1.165, 1.54) is 0 Å². The summed E-state index contributed by atoms with van der Waals surface area (Å²) in [6.07, 6.45) is 2.17. The minimum Gasteiger partial charge on any atom is -0.491 e. The van der Waals surface area contributed by atoms with Gasteiger partial charge in [-0.3, -0.25) is 0 Å². The van der Waals surface area contributed by atoms with Crippen molar-refractivity contribution in [1.82, 2.24) is 10.3 Å². The molecule has 1 saturated heterocycles. The molecule has 1 fully saturated rings. The van der Waals surface area contributed by atoms with Crippen LogP contribution in [0.25, 0.3) is 10.2 Å². The number of aromatic nitrogens is 1. The number of hydrogen-bond acceptors (Lipinski definition) is 7. The van der Waals surface area contributed by atoms with Crippen molar-refractivity contribution in [2.45, 2.75) is 65.3 Å². The third-order valence-corrected chi connectivity index (χ3v) is 6.73. The van der Waals surface area contributed by atoms with Crippen LogP contribution in [0.1, 0.15) is 56.5 Å². The molecule has 2 aromatic carbocycles. The lowest BCUT2D eigenvalue weighted by molar-refractivity contribution is 0.0697. The minimum atomic E-state index is -0.939. The molecule has 0 bridgehead atoms. The van der Waals surface area contributed by atoms with Crippen molar-refractivity contribution in [2.75, 3.05) is 18.0 Å². The van der Waals surface area contributed by atoms with Crippen LogP contribution >= 0.6 is 11.3 Å². The Labute approximate surface area is 204 Å². The number of fused-ring (bicyclic) bond motifs is 1. The van der Waals surface area contributed by atoms with Crippen molar-refractivity contribution in [2.24, 2.45) is 0 Å². The molecule has 0 atom stereocenters. The van der Waals surface area contributed by atoms with E-state index in [1.54, 1.807) is 23.5 Å². The molecule has 0 spiro atoms. The fourth-order valence-corrected chi connectivity index (χ4v) is 5.26. The summed E-state index contributed by atoms with van der Waals surface area (Å²) in [6, 6.07) is 11.6. The third kappa shape index (κ3) is 5.98. The molecule has 1 aliphatic rings. The first-order valence-electron chi connectivity index (χ1n) is 11.9. The highest BCUT2D eigenvalue weighted by molar-refractivity contribution is 7.22. The summed E-state index contributed by atoms with van der Waals surface area (Å²) in [5.74, 6) is 0.652. The molecule has 8 heteroatoms. The number of aromatic carboxylic acids is 1. The number of piperidine rings is 1. The molecule has 0 amide bonds. The number of nitrogens with zero attached hydrogens (tertiary/aromatic N) is 2. The van der Waals surface area contributed by atoms with E-state index in [0.29, 0.717) is 12.6 Å². The number of benzene rings is 2. The maximum Gasteiger partial charge on any atom is 0.335 e.